The standard InChI is InChI=1S/C16H19ClN4O3S/c1-16(10-18-12-19-16)11-25(23,24)21-8-6-20(7-9-21)15(22)13-2-4-14(17)5-3-13/h2-5,10,12H,6-9,11H2,1H3/t16-/m0/s1. The van der Waals surface area contributed by atoms with Crippen molar-refractivity contribution in [3.63, 3.8) is 0 Å². The first-order valence-electron chi connectivity index (χ1n) is 7.90. The lowest BCUT2D eigenvalue weighted by Crippen LogP contribution is -2.52. The van der Waals surface area contributed by atoms with Crippen molar-refractivity contribution in [2.75, 3.05) is 31.9 Å². The van der Waals surface area contributed by atoms with Crippen LogP contribution in [0.5, 0.6) is 0 Å². The Hall–Kier alpha value is -1.77. The summed E-state index contributed by atoms with van der Waals surface area (Å²) in [5.74, 6) is -0.237. The third kappa shape index (κ3) is 4.08. The lowest BCUT2D eigenvalue weighted by atomic mass is 10.1. The fourth-order valence-corrected chi connectivity index (χ4v) is 4.79. The highest BCUT2D eigenvalue weighted by molar-refractivity contribution is 7.89. The fourth-order valence-electron chi connectivity index (χ4n) is 2.87. The molecular formula is C16H19ClN4O3S. The van der Waals surface area contributed by atoms with Gasteiger partial charge in [-0.05, 0) is 31.2 Å². The molecule has 0 aromatic heterocycles. The van der Waals surface area contributed by atoms with E-state index in [1.165, 1.54) is 10.6 Å². The van der Waals surface area contributed by atoms with Crippen molar-refractivity contribution in [3.8, 4) is 0 Å². The van der Waals surface area contributed by atoms with Gasteiger partial charge in [0.05, 0.1) is 5.75 Å². The molecule has 1 aromatic carbocycles. The molecule has 2 aliphatic heterocycles. The van der Waals surface area contributed by atoms with E-state index in [1.807, 2.05) is 0 Å². The smallest absolute Gasteiger partial charge is 0.253 e. The largest absolute Gasteiger partial charge is 0.336 e. The lowest BCUT2D eigenvalue weighted by Gasteiger charge is -2.35. The number of carbonyl (C=O) groups excluding carboxylic acids is 1. The fraction of sp³-hybridized carbons (Fsp3) is 0.438. The number of halogens is 1. The summed E-state index contributed by atoms with van der Waals surface area (Å²) in [5.41, 5.74) is -0.264. The molecule has 0 N–H and O–H groups in total. The first-order chi connectivity index (χ1) is 11.8. The van der Waals surface area contributed by atoms with Crippen molar-refractivity contribution in [2.24, 2.45) is 9.98 Å². The highest BCUT2D eigenvalue weighted by Crippen LogP contribution is 2.19. The van der Waals surface area contributed by atoms with E-state index in [9.17, 15) is 13.2 Å². The van der Waals surface area contributed by atoms with Gasteiger partial charge in [0.2, 0.25) is 10.0 Å². The van der Waals surface area contributed by atoms with Crippen LogP contribution in [-0.2, 0) is 10.0 Å². The zero-order chi connectivity index (χ0) is 18.1. The molecule has 2 aliphatic rings. The van der Waals surface area contributed by atoms with Crippen LogP contribution in [0.3, 0.4) is 0 Å². The summed E-state index contributed by atoms with van der Waals surface area (Å²) in [5, 5.41) is 0.569. The predicted molar refractivity (Wildman–Crippen MR) is 98.1 cm³/mol. The third-order valence-corrected chi connectivity index (χ3v) is 6.61. The summed E-state index contributed by atoms with van der Waals surface area (Å²) in [7, 11) is -3.47. The molecule has 1 aromatic rings. The van der Waals surface area contributed by atoms with Gasteiger partial charge in [-0.15, -0.1) is 0 Å². The van der Waals surface area contributed by atoms with Crippen LogP contribution in [0.15, 0.2) is 34.3 Å². The van der Waals surface area contributed by atoms with Crippen molar-refractivity contribution >= 4 is 40.1 Å². The third-order valence-electron chi connectivity index (χ3n) is 4.26. The van der Waals surface area contributed by atoms with E-state index in [0.29, 0.717) is 23.7 Å². The minimum Gasteiger partial charge on any atom is -0.336 e. The maximum Gasteiger partial charge on any atom is 0.253 e. The number of piperazine rings is 1. The van der Waals surface area contributed by atoms with E-state index in [2.05, 4.69) is 9.98 Å². The molecule has 2 heterocycles. The first kappa shape index (κ1) is 18.0. The Balaban J connectivity index is 1.61. The molecule has 134 valence electrons. The SMILES string of the molecule is C[C@@]1(CS(=O)(=O)N2CCN(C(=O)c3ccc(Cl)cc3)CC2)C=NC=N1. The molecule has 7 nitrogen and oxygen atoms in total. The molecule has 25 heavy (non-hydrogen) atoms. The van der Waals surface area contributed by atoms with Crippen molar-refractivity contribution < 1.29 is 13.2 Å². The molecule has 1 saturated heterocycles. The number of rotatable bonds is 4. The van der Waals surface area contributed by atoms with Crippen LogP contribution in [0.25, 0.3) is 0 Å². The van der Waals surface area contributed by atoms with Gasteiger partial charge in [0.1, 0.15) is 11.9 Å². The molecule has 1 fully saturated rings. The van der Waals surface area contributed by atoms with Crippen LogP contribution in [0.2, 0.25) is 5.02 Å². The second-order valence-corrected chi connectivity index (χ2v) is 8.74. The van der Waals surface area contributed by atoms with E-state index in [-0.39, 0.29) is 24.7 Å². The topological polar surface area (TPSA) is 82.4 Å². The zero-order valence-electron chi connectivity index (χ0n) is 13.8. The zero-order valence-corrected chi connectivity index (χ0v) is 15.4. The van der Waals surface area contributed by atoms with Crippen molar-refractivity contribution in [2.45, 2.75) is 12.5 Å². The molecule has 1 atom stereocenters. The predicted octanol–water partition coefficient (Wildman–Crippen LogP) is 1.30. The van der Waals surface area contributed by atoms with Crippen molar-refractivity contribution in [3.05, 3.63) is 34.9 Å². The monoisotopic (exact) mass is 382 g/mol. The average Bonchev–Trinajstić information content (AvgIpc) is 3.00. The number of hydrogen-bond acceptors (Lipinski definition) is 5. The number of carbonyl (C=O) groups is 1. The summed E-state index contributed by atoms with van der Waals surface area (Å²) < 4.78 is 26.6. The van der Waals surface area contributed by atoms with Crippen LogP contribution in [0.1, 0.15) is 17.3 Å². The van der Waals surface area contributed by atoms with Crippen LogP contribution in [0, 0.1) is 0 Å². The van der Waals surface area contributed by atoms with Gasteiger partial charge >= 0.3 is 0 Å². The summed E-state index contributed by atoms with van der Waals surface area (Å²) in [6.45, 7) is 3.00. The summed E-state index contributed by atoms with van der Waals surface area (Å²) >= 11 is 5.84. The number of aliphatic imine (C=N–C) groups is 2. The Kier molecular flexibility index (Phi) is 4.95. The second-order valence-electron chi connectivity index (χ2n) is 6.33. The lowest BCUT2D eigenvalue weighted by molar-refractivity contribution is 0.0697. The van der Waals surface area contributed by atoms with E-state index in [4.69, 9.17) is 11.6 Å². The van der Waals surface area contributed by atoms with Gasteiger partial charge in [-0.1, -0.05) is 11.6 Å². The molecule has 0 aliphatic carbocycles. The molecule has 0 bridgehead atoms. The molecule has 1 amide bonds. The molecular weight excluding hydrogens is 364 g/mol. The number of amides is 1. The second kappa shape index (κ2) is 6.86. The molecule has 3 rings (SSSR count). The van der Waals surface area contributed by atoms with Gasteiger partial charge in [0.25, 0.3) is 5.91 Å². The Bertz CT molecular complexity index is 800. The normalized spacial score (nSPS) is 24.0. The highest BCUT2D eigenvalue weighted by Gasteiger charge is 2.36. The van der Waals surface area contributed by atoms with Crippen LogP contribution < -0.4 is 0 Å². The molecule has 0 unspecified atom stereocenters. The Morgan fingerprint density at radius 3 is 2.40 bits per heavy atom. The summed E-state index contributed by atoms with van der Waals surface area (Å²) in [6, 6.07) is 6.68. The van der Waals surface area contributed by atoms with Crippen molar-refractivity contribution in [1.82, 2.24) is 9.21 Å². The minimum atomic E-state index is -3.47. The first-order valence-corrected chi connectivity index (χ1v) is 9.89. The number of hydrogen-bond donors (Lipinski definition) is 0. The summed E-state index contributed by atoms with van der Waals surface area (Å²) in [4.78, 5) is 22.1. The number of nitrogens with zero attached hydrogens (tertiary/aromatic N) is 4. The van der Waals surface area contributed by atoms with Gasteiger partial charge in [0.15, 0.2) is 0 Å². The molecule has 0 radical (unpaired) electrons. The minimum absolute atomic E-state index is 0.117. The Morgan fingerprint density at radius 2 is 1.84 bits per heavy atom. The van der Waals surface area contributed by atoms with Gasteiger partial charge in [-0.3, -0.25) is 9.79 Å². The van der Waals surface area contributed by atoms with E-state index in [0.717, 1.165) is 0 Å². The number of benzene rings is 1. The molecule has 9 heteroatoms. The summed E-state index contributed by atoms with van der Waals surface area (Å²) in [6.07, 6.45) is 2.92. The van der Waals surface area contributed by atoms with Gasteiger partial charge in [-0.2, -0.15) is 4.31 Å². The Labute approximate surface area is 152 Å². The maximum absolute atomic E-state index is 12.6. The number of sulfonamides is 1. The molecule has 0 spiro atoms. The van der Waals surface area contributed by atoms with E-state index < -0.39 is 15.6 Å². The quantitative estimate of drug-likeness (QED) is 0.786. The van der Waals surface area contributed by atoms with Crippen LogP contribution in [0.4, 0.5) is 0 Å². The Morgan fingerprint density at radius 1 is 1.20 bits per heavy atom. The van der Waals surface area contributed by atoms with Gasteiger partial charge in [0, 0.05) is 43.0 Å². The molecule has 0 saturated carbocycles. The van der Waals surface area contributed by atoms with Gasteiger partial charge < -0.3 is 4.90 Å². The maximum atomic E-state index is 12.6. The van der Waals surface area contributed by atoms with E-state index >= 15 is 0 Å². The highest BCUT2D eigenvalue weighted by atomic mass is 35.5. The van der Waals surface area contributed by atoms with Crippen molar-refractivity contribution in [1.29, 1.82) is 0 Å². The van der Waals surface area contributed by atoms with E-state index in [1.54, 1.807) is 42.3 Å². The van der Waals surface area contributed by atoms with Crippen LogP contribution in [-0.4, -0.2) is 73.6 Å². The van der Waals surface area contributed by atoms with Crippen LogP contribution >= 0.6 is 11.6 Å². The average molecular weight is 383 g/mol. The van der Waals surface area contributed by atoms with Gasteiger partial charge in [-0.25, -0.2) is 13.4 Å².